The Bertz CT molecular complexity index is 453. The normalized spacial score (nSPS) is 28.9. The van der Waals surface area contributed by atoms with Crippen molar-refractivity contribution in [1.82, 2.24) is 0 Å². The quantitative estimate of drug-likeness (QED) is 0.659. The molecule has 0 N–H and O–H groups in total. The number of nitrogens with zero attached hydrogens (tertiary/aromatic N) is 1. The van der Waals surface area contributed by atoms with Crippen LogP contribution in [0.3, 0.4) is 0 Å². The lowest BCUT2D eigenvalue weighted by atomic mass is 9.97. The van der Waals surface area contributed by atoms with Crippen LogP contribution < -0.4 is 0 Å². The molecule has 0 aromatic heterocycles. The van der Waals surface area contributed by atoms with E-state index in [4.69, 9.17) is 0 Å². The summed E-state index contributed by atoms with van der Waals surface area (Å²) in [6, 6.07) is 7.81. The van der Waals surface area contributed by atoms with Crippen LogP contribution in [0.15, 0.2) is 34.2 Å². The van der Waals surface area contributed by atoms with Gasteiger partial charge in [0.1, 0.15) is 0 Å². The molecule has 1 aromatic carbocycles. The Morgan fingerprint density at radius 3 is 3.07 bits per heavy atom. The number of benzene rings is 1. The average Bonchev–Trinajstić information content (AvgIpc) is 2.30. The molecule has 0 amide bonds. The van der Waals surface area contributed by atoms with Gasteiger partial charge in [-0.3, -0.25) is 9.20 Å². The molecule has 1 fully saturated rings. The summed E-state index contributed by atoms with van der Waals surface area (Å²) in [5.74, 6) is 0. The van der Waals surface area contributed by atoms with Crippen LogP contribution in [0, 0.1) is 0 Å². The molecule has 2 unspecified atom stereocenters. The van der Waals surface area contributed by atoms with Gasteiger partial charge in [-0.25, -0.2) is 0 Å². The van der Waals surface area contributed by atoms with Gasteiger partial charge in [0.15, 0.2) is 0 Å². The van der Waals surface area contributed by atoms with Gasteiger partial charge >= 0.3 is 0 Å². The second-order valence-electron chi connectivity index (χ2n) is 4.10. The van der Waals surface area contributed by atoms with E-state index in [2.05, 4.69) is 4.99 Å². The van der Waals surface area contributed by atoms with E-state index in [-0.39, 0.29) is 5.25 Å². The highest BCUT2D eigenvalue weighted by Gasteiger charge is 2.31. The lowest BCUT2D eigenvalue weighted by Crippen LogP contribution is -2.31. The monoisotopic (exact) mass is 219 g/mol. The molecule has 15 heavy (non-hydrogen) atoms. The molecule has 0 spiro atoms. The predicted molar refractivity (Wildman–Crippen MR) is 62.2 cm³/mol. The lowest BCUT2D eigenvalue weighted by molar-refractivity contribution is 0.638. The second kappa shape index (κ2) is 3.56. The van der Waals surface area contributed by atoms with E-state index in [1.54, 1.807) is 0 Å². The van der Waals surface area contributed by atoms with Crippen molar-refractivity contribution in [1.29, 1.82) is 0 Å². The van der Waals surface area contributed by atoms with E-state index in [9.17, 15) is 4.21 Å². The number of hydrogen-bond acceptors (Lipinski definition) is 2. The minimum Gasteiger partial charge on any atom is -0.255 e. The average molecular weight is 219 g/mol. The van der Waals surface area contributed by atoms with Crippen LogP contribution in [0.2, 0.25) is 0 Å². The first kappa shape index (κ1) is 9.28. The first-order chi connectivity index (χ1) is 7.36. The molecule has 2 atom stereocenters. The first-order valence-electron chi connectivity index (χ1n) is 5.43. The van der Waals surface area contributed by atoms with Crippen molar-refractivity contribution in [3.8, 4) is 0 Å². The third kappa shape index (κ3) is 1.46. The molecule has 0 saturated heterocycles. The van der Waals surface area contributed by atoms with Crippen molar-refractivity contribution in [2.75, 3.05) is 0 Å². The fourth-order valence-electron chi connectivity index (χ4n) is 2.35. The van der Waals surface area contributed by atoms with Crippen LogP contribution >= 0.6 is 0 Å². The SMILES string of the molecule is O=S1c2ccccc2N=C2CCCCC21. The van der Waals surface area contributed by atoms with E-state index < -0.39 is 10.8 Å². The summed E-state index contributed by atoms with van der Waals surface area (Å²) in [6.07, 6.45) is 4.47. The highest BCUT2D eigenvalue weighted by molar-refractivity contribution is 7.86. The van der Waals surface area contributed by atoms with Crippen LogP contribution in [0.1, 0.15) is 25.7 Å². The summed E-state index contributed by atoms with van der Waals surface area (Å²) in [4.78, 5) is 5.57. The molecular formula is C12H13NOS. The summed E-state index contributed by atoms with van der Waals surface area (Å²) in [7, 11) is -0.862. The van der Waals surface area contributed by atoms with Gasteiger partial charge in [0.05, 0.1) is 26.6 Å². The van der Waals surface area contributed by atoms with Gasteiger partial charge in [0.2, 0.25) is 0 Å². The van der Waals surface area contributed by atoms with E-state index in [1.807, 2.05) is 24.3 Å². The zero-order chi connectivity index (χ0) is 10.3. The van der Waals surface area contributed by atoms with Crippen molar-refractivity contribution >= 4 is 22.2 Å². The van der Waals surface area contributed by atoms with Crippen molar-refractivity contribution in [3.63, 3.8) is 0 Å². The van der Waals surface area contributed by atoms with Gasteiger partial charge in [-0.15, -0.1) is 0 Å². The lowest BCUT2D eigenvalue weighted by Gasteiger charge is -2.27. The molecule has 2 nitrogen and oxygen atoms in total. The van der Waals surface area contributed by atoms with Gasteiger partial charge in [0.25, 0.3) is 0 Å². The van der Waals surface area contributed by atoms with Gasteiger partial charge in [0, 0.05) is 5.71 Å². The fourth-order valence-corrected chi connectivity index (χ4v) is 3.99. The minimum atomic E-state index is -0.862. The topological polar surface area (TPSA) is 29.4 Å². The van der Waals surface area contributed by atoms with Gasteiger partial charge in [-0.05, 0) is 31.4 Å². The predicted octanol–water partition coefficient (Wildman–Crippen LogP) is 2.82. The Labute approximate surface area is 91.9 Å². The van der Waals surface area contributed by atoms with Crippen LogP contribution in [-0.4, -0.2) is 15.2 Å². The van der Waals surface area contributed by atoms with Gasteiger partial charge in [-0.1, -0.05) is 18.6 Å². The molecule has 3 heteroatoms. The van der Waals surface area contributed by atoms with Crippen molar-refractivity contribution in [2.45, 2.75) is 35.8 Å². The highest BCUT2D eigenvalue weighted by Crippen LogP contribution is 2.35. The number of rotatable bonds is 0. The van der Waals surface area contributed by atoms with Crippen molar-refractivity contribution in [2.24, 2.45) is 4.99 Å². The van der Waals surface area contributed by atoms with Gasteiger partial charge < -0.3 is 0 Å². The number of aliphatic imine (C=N–C) groups is 1. The number of fused-ring (bicyclic) bond motifs is 2. The highest BCUT2D eigenvalue weighted by atomic mass is 32.2. The zero-order valence-corrected chi connectivity index (χ0v) is 9.30. The summed E-state index contributed by atoms with van der Waals surface area (Å²) >= 11 is 0. The summed E-state index contributed by atoms with van der Waals surface area (Å²) in [5.41, 5.74) is 2.09. The van der Waals surface area contributed by atoms with Crippen molar-refractivity contribution in [3.05, 3.63) is 24.3 Å². The van der Waals surface area contributed by atoms with Crippen molar-refractivity contribution < 1.29 is 4.21 Å². The molecule has 78 valence electrons. The van der Waals surface area contributed by atoms with Crippen LogP contribution in [0.4, 0.5) is 5.69 Å². The third-order valence-corrected chi connectivity index (χ3v) is 4.93. The largest absolute Gasteiger partial charge is 0.255 e. The van der Waals surface area contributed by atoms with Crippen LogP contribution in [-0.2, 0) is 10.8 Å². The Kier molecular flexibility index (Phi) is 2.20. The molecule has 1 aliphatic heterocycles. The maximum absolute atomic E-state index is 12.3. The summed E-state index contributed by atoms with van der Waals surface area (Å²) in [6.45, 7) is 0. The maximum atomic E-state index is 12.3. The molecule has 1 aliphatic carbocycles. The standard InChI is InChI=1S/C12H13NOS/c14-15-11-7-3-1-5-9(11)13-10-6-2-4-8-12(10)15/h1,3,5,7,12H,2,4,6,8H2. The Morgan fingerprint density at radius 1 is 1.27 bits per heavy atom. The second-order valence-corrected chi connectivity index (χ2v) is 5.71. The molecule has 0 radical (unpaired) electrons. The molecule has 2 aliphatic rings. The third-order valence-electron chi connectivity index (χ3n) is 3.13. The maximum Gasteiger partial charge on any atom is 0.0791 e. The molecule has 1 saturated carbocycles. The van der Waals surface area contributed by atoms with E-state index in [0.717, 1.165) is 23.4 Å². The van der Waals surface area contributed by atoms with Crippen LogP contribution in [0.5, 0.6) is 0 Å². The first-order valence-corrected chi connectivity index (χ1v) is 6.64. The number of hydrogen-bond donors (Lipinski definition) is 0. The molecule has 1 aromatic rings. The van der Waals surface area contributed by atoms with Gasteiger partial charge in [-0.2, -0.15) is 0 Å². The molecule has 1 heterocycles. The fraction of sp³-hybridized carbons (Fsp3) is 0.417. The zero-order valence-electron chi connectivity index (χ0n) is 8.48. The number of para-hydroxylation sites is 1. The Morgan fingerprint density at radius 2 is 2.13 bits per heavy atom. The van der Waals surface area contributed by atoms with E-state index in [1.165, 1.54) is 18.6 Å². The minimum absolute atomic E-state index is 0.202. The molecule has 3 rings (SSSR count). The summed E-state index contributed by atoms with van der Waals surface area (Å²) < 4.78 is 12.3. The molecule has 0 bridgehead atoms. The van der Waals surface area contributed by atoms with E-state index in [0.29, 0.717) is 0 Å². The molecular weight excluding hydrogens is 206 g/mol. The Hall–Kier alpha value is -0.960. The van der Waals surface area contributed by atoms with Crippen LogP contribution in [0.25, 0.3) is 0 Å². The summed E-state index contributed by atoms with van der Waals surface area (Å²) in [5, 5.41) is 0.202. The Balaban J connectivity index is 2.13. The van der Waals surface area contributed by atoms with E-state index >= 15 is 0 Å². The smallest absolute Gasteiger partial charge is 0.0791 e.